The first kappa shape index (κ1) is 20.1. The molecule has 0 atom stereocenters. The molecule has 2 aromatic rings. The van der Waals surface area contributed by atoms with Gasteiger partial charge in [-0.2, -0.15) is 0 Å². The average molecular weight is 395 g/mol. The lowest BCUT2D eigenvalue weighted by atomic mass is 10.2. The number of nitrogens with zero attached hydrogens (tertiary/aromatic N) is 1. The third-order valence-electron chi connectivity index (χ3n) is 3.77. The fourth-order valence-corrected chi connectivity index (χ4v) is 3.00. The van der Waals surface area contributed by atoms with Gasteiger partial charge in [-0.05, 0) is 42.8 Å². The molecule has 5 nitrogen and oxygen atoms in total. The smallest absolute Gasteiger partial charge is 0.226 e. The second-order valence-electron chi connectivity index (χ2n) is 5.77. The zero-order valence-electron chi connectivity index (χ0n) is 14.8. The van der Waals surface area contributed by atoms with Crippen molar-refractivity contribution in [1.82, 2.24) is 0 Å². The van der Waals surface area contributed by atoms with E-state index in [1.54, 1.807) is 31.4 Å². The standard InChI is InChI=1S/C19H20Cl2N2O3/c1-12-4-7-18(26-3)16(10-12)22-19(25)8-9-23(13(2)24)17-6-5-14(20)11-15(17)21/h4-7,10-11H,8-9H2,1-3H3,(H,22,25). The normalized spacial score (nSPS) is 10.3. The minimum absolute atomic E-state index is 0.107. The molecule has 0 bridgehead atoms. The predicted molar refractivity (Wildman–Crippen MR) is 105 cm³/mol. The number of nitrogens with one attached hydrogen (secondary N) is 1. The number of anilines is 2. The SMILES string of the molecule is COc1ccc(C)cc1NC(=O)CCN(C(C)=O)c1ccc(Cl)cc1Cl. The van der Waals surface area contributed by atoms with Gasteiger partial charge in [-0.3, -0.25) is 9.59 Å². The Morgan fingerprint density at radius 1 is 1.15 bits per heavy atom. The summed E-state index contributed by atoms with van der Waals surface area (Å²) in [5, 5.41) is 3.65. The van der Waals surface area contributed by atoms with Crippen molar-refractivity contribution in [1.29, 1.82) is 0 Å². The van der Waals surface area contributed by atoms with E-state index in [0.29, 0.717) is 27.2 Å². The number of carbonyl (C=O) groups is 2. The first-order valence-corrected chi connectivity index (χ1v) is 8.75. The van der Waals surface area contributed by atoms with E-state index in [0.717, 1.165) is 5.56 Å². The number of carbonyl (C=O) groups excluding carboxylic acids is 2. The minimum atomic E-state index is -0.231. The lowest BCUT2D eigenvalue weighted by Crippen LogP contribution is -2.32. The van der Waals surface area contributed by atoms with E-state index in [1.165, 1.54) is 11.8 Å². The molecule has 2 aromatic carbocycles. The van der Waals surface area contributed by atoms with Crippen LogP contribution in [0.1, 0.15) is 18.9 Å². The van der Waals surface area contributed by atoms with Crippen molar-refractivity contribution >= 4 is 46.4 Å². The fraction of sp³-hybridized carbons (Fsp3) is 0.263. The Kier molecular flexibility index (Phi) is 6.89. The maximum absolute atomic E-state index is 12.3. The molecule has 1 N–H and O–H groups in total. The maximum atomic E-state index is 12.3. The minimum Gasteiger partial charge on any atom is -0.495 e. The van der Waals surface area contributed by atoms with E-state index in [9.17, 15) is 9.59 Å². The highest BCUT2D eigenvalue weighted by atomic mass is 35.5. The molecule has 0 aliphatic rings. The summed E-state index contributed by atoms with van der Waals surface area (Å²) in [6.07, 6.45) is 0.107. The first-order valence-electron chi connectivity index (χ1n) is 7.99. The Hall–Kier alpha value is -2.24. The van der Waals surface area contributed by atoms with Gasteiger partial charge in [0.25, 0.3) is 0 Å². The molecule has 2 amide bonds. The van der Waals surface area contributed by atoms with Gasteiger partial charge in [0.2, 0.25) is 11.8 Å². The maximum Gasteiger partial charge on any atom is 0.226 e. The topological polar surface area (TPSA) is 58.6 Å². The van der Waals surface area contributed by atoms with Crippen LogP contribution in [0.15, 0.2) is 36.4 Å². The molecule has 0 unspecified atom stereocenters. The third kappa shape index (κ3) is 5.13. The van der Waals surface area contributed by atoms with Crippen LogP contribution in [0.3, 0.4) is 0 Å². The molecule has 0 aliphatic carbocycles. The summed E-state index contributed by atoms with van der Waals surface area (Å²) < 4.78 is 5.25. The molecule has 138 valence electrons. The number of hydrogen-bond acceptors (Lipinski definition) is 3. The second-order valence-corrected chi connectivity index (χ2v) is 6.61. The molecule has 0 saturated carbocycles. The van der Waals surface area contributed by atoms with Crippen LogP contribution in [0.2, 0.25) is 10.0 Å². The summed E-state index contributed by atoms with van der Waals surface area (Å²) in [6, 6.07) is 10.4. The first-order chi connectivity index (χ1) is 12.3. The monoisotopic (exact) mass is 394 g/mol. The number of aryl methyl sites for hydroxylation is 1. The van der Waals surface area contributed by atoms with Gasteiger partial charge < -0.3 is 15.0 Å². The Balaban J connectivity index is 2.08. The van der Waals surface area contributed by atoms with Crippen LogP contribution in [0.25, 0.3) is 0 Å². The largest absolute Gasteiger partial charge is 0.495 e. The number of amides is 2. The summed E-state index contributed by atoms with van der Waals surface area (Å²) in [5.41, 5.74) is 2.11. The zero-order valence-corrected chi connectivity index (χ0v) is 16.3. The Morgan fingerprint density at radius 3 is 2.50 bits per heavy atom. The predicted octanol–water partition coefficient (Wildman–Crippen LogP) is 4.69. The van der Waals surface area contributed by atoms with E-state index in [1.807, 2.05) is 19.1 Å². The Bertz CT molecular complexity index is 824. The van der Waals surface area contributed by atoms with Crippen molar-refractivity contribution < 1.29 is 14.3 Å². The van der Waals surface area contributed by atoms with Crippen molar-refractivity contribution in [2.45, 2.75) is 20.3 Å². The number of ether oxygens (including phenoxy) is 1. The highest BCUT2D eigenvalue weighted by Crippen LogP contribution is 2.29. The van der Waals surface area contributed by atoms with Crippen molar-refractivity contribution in [3.05, 3.63) is 52.0 Å². The molecule has 26 heavy (non-hydrogen) atoms. The molecule has 2 rings (SSSR count). The van der Waals surface area contributed by atoms with Gasteiger partial charge in [0, 0.05) is 24.9 Å². The average Bonchev–Trinajstić information content (AvgIpc) is 2.56. The highest BCUT2D eigenvalue weighted by molar-refractivity contribution is 6.36. The van der Waals surface area contributed by atoms with Crippen molar-refractivity contribution in [3.63, 3.8) is 0 Å². The zero-order chi connectivity index (χ0) is 19.3. The van der Waals surface area contributed by atoms with Crippen molar-refractivity contribution in [2.75, 3.05) is 23.9 Å². The van der Waals surface area contributed by atoms with Crippen LogP contribution in [0.4, 0.5) is 11.4 Å². The van der Waals surface area contributed by atoms with Crippen LogP contribution in [0, 0.1) is 6.92 Å². The van der Waals surface area contributed by atoms with Crippen LogP contribution in [-0.4, -0.2) is 25.5 Å². The van der Waals surface area contributed by atoms with Crippen molar-refractivity contribution in [2.24, 2.45) is 0 Å². The summed E-state index contributed by atoms with van der Waals surface area (Å²) >= 11 is 12.1. The number of rotatable bonds is 6. The molecule has 0 heterocycles. The van der Waals surface area contributed by atoms with Crippen LogP contribution in [0.5, 0.6) is 5.75 Å². The quantitative estimate of drug-likeness (QED) is 0.772. The van der Waals surface area contributed by atoms with Gasteiger partial charge in [0.1, 0.15) is 5.75 Å². The summed E-state index contributed by atoms with van der Waals surface area (Å²) in [4.78, 5) is 25.8. The summed E-state index contributed by atoms with van der Waals surface area (Å²) in [5.74, 6) is 0.133. The number of hydrogen-bond donors (Lipinski definition) is 1. The molecule has 0 fully saturated rings. The van der Waals surface area contributed by atoms with Crippen molar-refractivity contribution in [3.8, 4) is 5.75 Å². The lowest BCUT2D eigenvalue weighted by molar-refractivity contribution is -0.117. The van der Waals surface area contributed by atoms with Gasteiger partial charge in [0.15, 0.2) is 0 Å². The fourth-order valence-electron chi connectivity index (χ4n) is 2.49. The van der Waals surface area contributed by atoms with E-state index in [4.69, 9.17) is 27.9 Å². The van der Waals surface area contributed by atoms with Crippen LogP contribution < -0.4 is 15.0 Å². The van der Waals surface area contributed by atoms with Crippen LogP contribution >= 0.6 is 23.2 Å². The Labute approximate surface area is 162 Å². The molecular weight excluding hydrogens is 375 g/mol. The molecular formula is C19H20Cl2N2O3. The van der Waals surface area contributed by atoms with Gasteiger partial charge in [-0.1, -0.05) is 29.3 Å². The number of benzene rings is 2. The van der Waals surface area contributed by atoms with Crippen LogP contribution in [-0.2, 0) is 9.59 Å². The van der Waals surface area contributed by atoms with Gasteiger partial charge in [-0.25, -0.2) is 0 Å². The van der Waals surface area contributed by atoms with Gasteiger partial charge in [0.05, 0.1) is 23.5 Å². The summed E-state index contributed by atoms with van der Waals surface area (Å²) in [6.45, 7) is 3.54. The highest BCUT2D eigenvalue weighted by Gasteiger charge is 2.17. The van der Waals surface area contributed by atoms with E-state index in [2.05, 4.69) is 5.32 Å². The number of methoxy groups -OCH3 is 1. The van der Waals surface area contributed by atoms with Gasteiger partial charge in [-0.15, -0.1) is 0 Å². The van der Waals surface area contributed by atoms with Gasteiger partial charge >= 0.3 is 0 Å². The second kappa shape index (κ2) is 8.92. The molecule has 7 heteroatoms. The van der Waals surface area contributed by atoms with E-state index >= 15 is 0 Å². The van der Waals surface area contributed by atoms with E-state index in [-0.39, 0.29) is 24.8 Å². The lowest BCUT2D eigenvalue weighted by Gasteiger charge is -2.22. The Morgan fingerprint density at radius 2 is 1.88 bits per heavy atom. The molecule has 0 aromatic heterocycles. The molecule has 0 radical (unpaired) electrons. The number of halogens is 2. The third-order valence-corrected chi connectivity index (χ3v) is 4.31. The molecule has 0 spiro atoms. The molecule has 0 saturated heterocycles. The summed E-state index contributed by atoms with van der Waals surface area (Å²) in [7, 11) is 1.54. The molecule has 0 aliphatic heterocycles. The van der Waals surface area contributed by atoms with E-state index < -0.39 is 0 Å².